The summed E-state index contributed by atoms with van der Waals surface area (Å²) in [4.78, 5) is 34.6. The largest absolute Gasteiger partial charge is 0.494 e. The highest BCUT2D eigenvalue weighted by Crippen LogP contribution is 2.31. The summed E-state index contributed by atoms with van der Waals surface area (Å²) in [6.07, 6.45) is 4.14. The van der Waals surface area contributed by atoms with E-state index in [9.17, 15) is 14.0 Å². The molecule has 0 radical (unpaired) electrons. The van der Waals surface area contributed by atoms with Crippen LogP contribution in [0.15, 0.2) is 48.8 Å². The third-order valence-electron chi connectivity index (χ3n) is 5.34. The molecule has 32 heavy (non-hydrogen) atoms. The number of pyridine rings is 2. The molecule has 0 saturated heterocycles. The Morgan fingerprint density at radius 3 is 2.78 bits per heavy atom. The number of fused-ring (bicyclic) bond motifs is 1. The monoisotopic (exact) mass is 434 g/mol. The molecule has 0 atom stereocenters. The molecule has 2 amide bonds. The number of hydrogen-bond donors (Lipinski definition) is 1. The van der Waals surface area contributed by atoms with Gasteiger partial charge in [-0.25, -0.2) is 9.37 Å². The number of anilines is 1. The highest BCUT2D eigenvalue weighted by atomic mass is 19.1. The zero-order chi connectivity index (χ0) is 22.7. The number of carbonyl (C=O) groups is 2. The van der Waals surface area contributed by atoms with Gasteiger partial charge in [0.15, 0.2) is 11.6 Å². The van der Waals surface area contributed by atoms with Crippen molar-refractivity contribution in [2.24, 2.45) is 0 Å². The van der Waals surface area contributed by atoms with E-state index in [0.29, 0.717) is 43.0 Å². The van der Waals surface area contributed by atoms with Crippen LogP contribution in [0, 0.1) is 5.82 Å². The first-order chi connectivity index (χ1) is 15.5. The van der Waals surface area contributed by atoms with E-state index in [1.807, 2.05) is 25.1 Å². The molecule has 0 unspecified atom stereocenters. The van der Waals surface area contributed by atoms with E-state index in [1.165, 1.54) is 23.2 Å². The lowest BCUT2D eigenvalue weighted by Crippen LogP contribution is -2.39. The standard InChI is InChI=1S/C24H23FN4O3/c1-3-32-21-13-16-8-10-29(22-19(25)5-4-9-27-22)24(31)18(16)12-17(21)11-15-6-7-20(28-14-15)23(30)26-2/h4-7,9,12-14H,3,8,10-11H2,1-2H3,(H,26,30). The third kappa shape index (κ3) is 4.16. The van der Waals surface area contributed by atoms with Crippen LogP contribution in [0.5, 0.6) is 5.75 Å². The Balaban J connectivity index is 1.67. The molecular formula is C24H23FN4O3. The first-order valence-corrected chi connectivity index (χ1v) is 10.4. The number of carbonyl (C=O) groups excluding carboxylic acids is 2. The fourth-order valence-corrected chi connectivity index (χ4v) is 3.77. The number of aromatic nitrogens is 2. The van der Waals surface area contributed by atoms with E-state index >= 15 is 0 Å². The molecule has 0 saturated carbocycles. The molecule has 7 nitrogen and oxygen atoms in total. The number of ether oxygens (including phenoxy) is 1. The molecule has 2 aromatic heterocycles. The van der Waals surface area contributed by atoms with Crippen molar-refractivity contribution in [3.05, 3.63) is 82.6 Å². The molecule has 4 rings (SSSR count). The van der Waals surface area contributed by atoms with Crippen molar-refractivity contribution in [3.8, 4) is 5.75 Å². The Bertz CT molecular complexity index is 1160. The van der Waals surface area contributed by atoms with Crippen LogP contribution in [-0.2, 0) is 12.8 Å². The second-order valence-electron chi connectivity index (χ2n) is 7.37. The molecule has 1 aliphatic rings. The highest BCUT2D eigenvalue weighted by molar-refractivity contribution is 6.08. The van der Waals surface area contributed by atoms with Crippen molar-refractivity contribution in [1.29, 1.82) is 0 Å². The van der Waals surface area contributed by atoms with E-state index in [2.05, 4.69) is 15.3 Å². The minimum atomic E-state index is -0.530. The van der Waals surface area contributed by atoms with Crippen molar-refractivity contribution >= 4 is 17.6 Å². The molecule has 0 spiro atoms. The predicted molar refractivity (Wildman–Crippen MR) is 118 cm³/mol. The lowest BCUT2D eigenvalue weighted by atomic mass is 9.93. The maximum Gasteiger partial charge on any atom is 0.269 e. The van der Waals surface area contributed by atoms with Gasteiger partial charge in [-0.1, -0.05) is 6.07 Å². The molecular weight excluding hydrogens is 411 g/mol. The van der Waals surface area contributed by atoms with Crippen molar-refractivity contribution in [2.45, 2.75) is 19.8 Å². The Morgan fingerprint density at radius 1 is 1.25 bits per heavy atom. The summed E-state index contributed by atoms with van der Waals surface area (Å²) in [5.41, 5.74) is 3.39. The zero-order valence-corrected chi connectivity index (χ0v) is 17.9. The van der Waals surface area contributed by atoms with Crippen molar-refractivity contribution in [3.63, 3.8) is 0 Å². The van der Waals surface area contributed by atoms with Crippen molar-refractivity contribution < 1.29 is 18.7 Å². The van der Waals surface area contributed by atoms with E-state index in [1.54, 1.807) is 19.3 Å². The Morgan fingerprint density at radius 2 is 2.09 bits per heavy atom. The average Bonchev–Trinajstić information content (AvgIpc) is 2.81. The number of benzene rings is 1. The third-order valence-corrected chi connectivity index (χ3v) is 5.34. The van der Waals surface area contributed by atoms with Gasteiger partial charge in [-0.05, 0) is 60.4 Å². The minimum absolute atomic E-state index is 0.0348. The number of rotatable bonds is 6. The summed E-state index contributed by atoms with van der Waals surface area (Å²) in [6.45, 7) is 2.73. The zero-order valence-electron chi connectivity index (χ0n) is 17.9. The summed E-state index contributed by atoms with van der Waals surface area (Å²) < 4.78 is 20.1. The van der Waals surface area contributed by atoms with E-state index in [0.717, 1.165) is 16.7 Å². The fourth-order valence-electron chi connectivity index (χ4n) is 3.77. The van der Waals surface area contributed by atoms with Gasteiger partial charge >= 0.3 is 0 Å². The molecule has 8 heteroatoms. The van der Waals surface area contributed by atoms with Crippen LogP contribution in [0.25, 0.3) is 0 Å². The maximum atomic E-state index is 14.3. The predicted octanol–water partition coefficient (Wildman–Crippen LogP) is 3.17. The average molecular weight is 434 g/mol. The summed E-state index contributed by atoms with van der Waals surface area (Å²) in [5.74, 6) is -0.341. The van der Waals surface area contributed by atoms with E-state index in [4.69, 9.17) is 4.74 Å². The highest BCUT2D eigenvalue weighted by Gasteiger charge is 2.29. The van der Waals surface area contributed by atoms with Crippen molar-refractivity contribution in [1.82, 2.24) is 15.3 Å². The molecule has 164 valence electrons. The molecule has 1 aliphatic heterocycles. The van der Waals surface area contributed by atoms with Gasteiger partial charge in [0.1, 0.15) is 11.4 Å². The van der Waals surface area contributed by atoms with Gasteiger partial charge < -0.3 is 10.1 Å². The summed E-state index contributed by atoms with van der Waals surface area (Å²) in [6, 6.07) is 9.97. The number of nitrogens with zero attached hydrogens (tertiary/aromatic N) is 3. The second-order valence-corrected chi connectivity index (χ2v) is 7.37. The molecule has 3 heterocycles. The normalized spacial score (nSPS) is 13.0. The summed E-state index contributed by atoms with van der Waals surface area (Å²) >= 11 is 0. The number of hydrogen-bond acceptors (Lipinski definition) is 5. The maximum absolute atomic E-state index is 14.3. The Labute approximate surface area is 185 Å². The van der Waals surface area contributed by atoms with Gasteiger partial charge in [-0.15, -0.1) is 0 Å². The topological polar surface area (TPSA) is 84.4 Å². The summed E-state index contributed by atoms with van der Waals surface area (Å²) in [5, 5.41) is 2.54. The van der Waals surface area contributed by atoms with Crippen molar-refractivity contribution in [2.75, 3.05) is 25.1 Å². The van der Waals surface area contributed by atoms with Crippen LogP contribution >= 0.6 is 0 Å². The van der Waals surface area contributed by atoms with Crippen LogP contribution in [-0.4, -0.2) is 42.0 Å². The molecule has 0 aliphatic carbocycles. The summed E-state index contributed by atoms with van der Waals surface area (Å²) in [7, 11) is 1.55. The quantitative estimate of drug-likeness (QED) is 0.644. The number of amides is 2. The van der Waals surface area contributed by atoms with E-state index in [-0.39, 0.29) is 17.6 Å². The van der Waals surface area contributed by atoms with Gasteiger partial charge in [0, 0.05) is 38.0 Å². The van der Waals surface area contributed by atoms with Crippen LogP contribution < -0.4 is 15.0 Å². The van der Waals surface area contributed by atoms with Gasteiger partial charge in [0.25, 0.3) is 11.8 Å². The van der Waals surface area contributed by atoms with Crippen LogP contribution in [0.2, 0.25) is 0 Å². The molecule has 0 fully saturated rings. The van der Waals surface area contributed by atoms with Crippen LogP contribution in [0.1, 0.15) is 44.5 Å². The first kappa shape index (κ1) is 21.4. The fraction of sp³-hybridized carbons (Fsp3) is 0.250. The second kappa shape index (κ2) is 9.13. The molecule has 3 aromatic rings. The Kier molecular flexibility index (Phi) is 6.11. The minimum Gasteiger partial charge on any atom is -0.494 e. The van der Waals surface area contributed by atoms with Gasteiger partial charge in [0.2, 0.25) is 0 Å². The first-order valence-electron chi connectivity index (χ1n) is 10.4. The lowest BCUT2D eigenvalue weighted by molar-refractivity contribution is 0.0955. The molecule has 0 bridgehead atoms. The van der Waals surface area contributed by atoms with E-state index < -0.39 is 5.82 Å². The van der Waals surface area contributed by atoms with Gasteiger partial charge in [0.05, 0.1) is 6.61 Å². The molecule has 1 aromatic carbocycles. The van der Waals surface area contributed by atoms with Crippen LogP contribution in [0.4, 0.5) is 10.2 Å². The van der Waals surface area contributed by atoms with Gasteiger partial charge in [-0.3, -0.25) is 19.5 Å². The van der Waals surface area contributed by atoms with Gasteiger partial charge in [-0.2, -0.15) is 0 Å². The Hall–Kier alpha value is -3.81. The lowest BCUT2D eigenvalue weighted by Gasteiger charge is -2.29. The van der Waals surface area contributed by atoms with Crippen LogP contribution in [0.3, 0.4) is 0 Å². The SMILES string of the molecule is CCOc1cc2c(cc1Cc1ccc(C(=O)NC)nc1)C(=O)N(c1ncccc1F)CC2. The smallest absolute Gasteiger partial charge is 0.269 e. The number of nitrogens with one attached hydrogen (secondary N) is 1. The number of halogens is 1. The molecule has 1 N–H and O–H groups in total.